The molecule has 3 rings (SSSR count). The number of thiazole rings is 1. The van der Waals surface area contributed by atoms with Gasteiger partial charge in [0.2, 0.25) is 0 Å². The smallest absolute Gasteiger partial charge is 0.409 e. The van der Waals surface area contributed by atoms with Gasteiger partial charge in [-0.1, -0.05) is 12.8 Å². The van der Waals surface area contributed by atoms with E-state index < -0.39 is 0 Å². The number of hydrogen-bond donors (Lipinski definition) is 0. The lowest BCUT2D eigenvalue weighted by molar-refractivity contribution is 0.0323. The van der Waals surface area contributed by atoms with Gasteiger partial charge in [0.25, 0.3) is 0 Å². The van der Waals surface area contributed by atoms with Gasteiger partial charge in [0, 0.05) is 18.9 Å². The third kappa shape index (κ3) is 3.49. The van der Waals surface area contributed by atoms with Crippen molar-refractivity contribution in [2.24, 2.45) is 0 Å². The number of carbonyl (C=O) groups excluding carboxylic acids is 2. The van der Waals surface area contributed by atoms with Crippen LogP contribution in [0.5, 0.6) is 0 Å². The maximum Gasteiger partial charge on any atom is 0.409 e. The Hall–Kier alpha value is -1.63. The SMILES string of the molecule is COC(=O)N1CCC(OC(=O)c2sc(C3CCCC3)nc2C)C1. The molecule has 1 aromatic heterocycles. The molecule has 2 aliphatic rings. The number of carbonyl (C=O) groups is 2. The van der Waals surface area contributed by atoms with Gasteiger partial charge in [0.1, 0.15) is 11.0 Å². The Bertz CT molecular complexity index is 595. The Morgan fingerprint density at radius 3 is 2.70 bits per heavy atom. The van der Waals surface area contributed by atoms with Crippen LogP contribution >= 0.6 is 11.3 Å². The van der Waals surface area contributed by atoms with Crippen molar-refractivity contribution in [3.05, 3.63) is 15.6 Å². The fourth-order valence-corrected chi connectivity index (χ4v) is 4.40. The summed E-state index contributed by atoms with van der Waals surface area (Å²) in [7, 11) is 1.35. The molecule has 0 radical (unpaired) electrons. The second kappa shape index (κ2) is 6.86. The molecule has 1 unspecified atom stereocenters. The van der Waals surface area contributed by atoms with Gasteiger partial charge in [-0.2, -0.15) is 0 Å². The van der Waals surface area contributed by atoms with E-state index in [4.69, 9.17) is 9.47 Å². The van der Waals surface area contributed by atoms with Crippen LogP contribution in [0.2, 0.25) is 0 Å². The summed E-state index contributed by atoms with van der Waals surface area (Å²) in [4.78, 5) is 30.6. The molecule has 0 bridgehead atoms. The highest BCUT2D eigenvalue weighted by Crippen LogP contribution is 2.37. The molecule has 0 aromatic carbocycles. The number of amides is 1. The lowest BCUT2D eigenvalue weighted by Crippen LogP contribution is -2.30. The summed E-state index contributed by atoms with van der Waals surface area (Å²) < 4.78 is 10.3. The van der Waals surface area contributed by atoms with Crippen molar-refractivity contribution in [1.82, 2.24) is 9.88 Å². The van der Waals surface area contributed by atoms with E-state index >= 15 is 0 Å². The third-order valence-electron chi connectivity index (χ3n) is 4.55. The quantitative estimate of drug-likeness (QED) is 0.792. The van der Waals surface area contributed by atoms with E-state index in [1.807, 2.05) is 6.92 Å². The van der Waals surface area contributed by atoms with E-state index in [-0.39, 0.29) is 18.2 Å². The van der Waals surface area contributed by atoms with Gasteiger partial charge in [-0.15, -0.1) is 11.3 Å². The van der Waals surface area contributed by atoms with Gasteiger partial charge >= 0.3 is 12.1 Å². The van der Waals surface area contributed by atoms with Gasteiger partial charge in [0.05, 0.1) is 24.4 Å². The summed E-state index contributed by atoms with van der Waals surface area (Å²) in [6, 6.07) is 0. The molecule has 1 aliphatic carbocycles. The first kappa shape index (κ1) is 16.2. The minimum atomic E-state index is -0.374. The minimum Gasteiger partial charge on any atom is -0.456 e. The molecular formula is C16H22N2O4S. The lowest BCUT2D eigenvalue weighted by Gasteiger charge is -2.14. The van der Waals surface area contributed by atoms with Crippen LogP contribution in [0.3, 0.4) is 0 Å². The number of nitrogens with zero attached hydrogens (tertiary/aromatic N) is 2. The summed E-state index contributed by atoms with van der Waals surface area (Å²) in [6.45, 7) is 2.81. The second-order valence-corrected chi connectivity index (χ2v) is 7.21. The topological polar surface area (TPSA) is 68.7 Å². The molecule has 0 N–H and O–H groups in total. The Labute approximate surface area is 139 Å². The van der Waals surface area contributed by atoms with Gasteiger partial charge in [-0.3, -0.25) is 0 Å². The van der Waals surface area contributed by atoms with E-state index in [0.29, 0.717) is 30.3 Å². The first-order chi connectivity index (χ1) is 11.1. The molecular weight excluding hydrogens is 316 g/mol. The largest absolute Gasteiger partial charge is 0.456 e. The third-order valence-corrected chi connectivity index (χ3v) is 5.85. The highest BCUT2D eigenvalue weighted by molar-refractivity contribution is 7.13. The molecule has 23 heavy (non-hydrogen) atoms. The number of aromatic nitrogens is 1. The molecule has 7 heteroatoms. The maximum absolute atomic E-state index is 12.4. The fraction of sp³-hybridized carbons (Fsp3) is 0.688. The first-order valence-electron chi connectivity index (χ1n) is 8.09. The molecule has 1 amide bonds. The Balaban J connectivity index is 1.61. The first-order valence-corrected chi connectivity index (χ1v) is 8.91. The van der Waals surface area contributed by atoms with Crippen LogP contribution in [0.1, 0.15) is 58.4 Å². The zero-order valence-corrected chi connectivity index (χ0v) is 14.4. The number of methoxy groups -OCH3 is 1. The fourth-order valence-electron chi connectivity index (χ4n) is 3.28. The lowest BCUT2D eigenvalue weighted by atomic mass is 10.1. The van der Waals surface area contributed by atoms with E-state index in [0.717, 1.165) is 23.5 Å². The predicted molar refractivity (Wildman–Crippen MR) is 85.9 cm³/mol. The van der Waals surface area contributed by atoms with E-state index in [9.17, 15) is 9.59 Å². The number of hydrogen-bond acceptors (Lipinski definition) is 6. The van der Waals surface area contributed by atoms with Gasteiger partial charge in [0.15, 0.2) is 0 Å². The average molecular weight is 338 g/mol. The number of esters is 1. The maximum atomic E-state index is 12.4. The van der Waals surface area contributed by atoms with Crippen LogP contribution in [0.4, 0.5) is 4.79 Å². The molecule has 2 fully saturated rings. The molecule has 2 heterocycles. The van der Waals surface area contributed by atoms with Crippen molar-refractivity contribution in [2.45, 2.75) is 51.0 Å². The van der Waals surface area contributed by atoms with Crippen LogP contribution in [0.25, 0.3) is 0 Å². The standard InChI is InChI=1S/C16H22N2O4S/c1-10-13(23-14(17-10)11-5-3-4-6-11)15(19)22-12-7-8-18(9-12)16(20)21-2/h11-12H,3-9H2,1-2H3. The highest BCUT2D eigenvalue weighted by Gasteiger charge is 2.31. The Morgan fingerprint density at radius 2 is 2.00 bits per heavy atom. The molecule has 1 saturated carbocycles. The predicted octanol–water partition coefficient (Wildman–Crippen LogP) is 3.11. The molecule has 1 saturated heterocycles. The number of ether oxygens (including phenoxy) is 2. The summed E-state index contributed by atoms with van der Waals surface area (Å²) in [5.74, 6) is 0.183. The summed E-state index contributed by atoms with van der Waals surface area (Å²) >= 11 is 1.47. The van der Waals surface area contributed by atoms with Gasteiger partial charge in [-0.05, 0) is 19.8 Å². The van der Waals surface area contributed by atoms with Crippen LogP contribution in [-0.4, -0.2) is 48.2 Å². The van der Waals surface area contributed by atoms with Gasteiger partial charge in [-0.25, -0.2) is 14.6 Å². The molecule has 1 aromatic rings. The average Bonchev–Trinajstić information content (AvgIpc) is 3.25. The van der Waals surface area contributed by atoms with Crippen LogP contribution in [-0.2, 0) is 9.47 Å². The van der Waals surface area contributed by atoms with Crippen molar-refractivity contribution in [3.8, 4) is 0 Å². The Morgan fingerprint density at radius 1 is 1.26 bits per heavy atom. The molecule has 1 atom stereocenters. The molecule has 126 valence electrons. The minimum absolute atomic E-state index is 0.266. The van der Waals surface area contributed by atoms with Gasteiger partial charge < -0.3 is 14.4 Å². The molecule has 1 aliphatic heterocycles. The zero-order chi connectivity index (χ0) is 16.4. The summed E-state index contributed by atoms with van der Waals surface area (Å²) in [5.41, 5.74) is 0.754. The number of likely N-dealkylation sites (tertiary alicyclic amines) is 1. The number of rotatable bonds is 3. The second-order valence-electron chi connectivity index (χ2n) is 6.18. The van der Waals surface area contributed by atoms with E-state index in [1.165, 1.54) is 31.3 Å². The number of aryl methyl sites for hydroxylation is 1. The highest BCUT2D eigenvalue weighted by atomic mass is 32.1. The van der Waals surface area contributed by atoms with E-state index in [2.05, 4.69) is 4.98 Å². The summed E-state index contributed by atoms with van der Waals surface area (Å²) in [6.07, 6.45) is 4.83. The van der Waals surface area contributed by atoms with Crippen molar-refractivity contribution in [1.29, 1.82) is 0 Å². The van der Waals surface area contributed by atoms with E-state index in [1.54, 1.807) is 4.90 Å². The zero-order valence-electron chi connectivity index (χ0n) is 13.5. The van der Waals surface area contributed by atoms with Crippen LogP contribution in [0.15, 0.2) is 0 Å². The van der Waals surface area contributed by atoms with Crippen molar-refractivity contribution in [2.75, 3.05) is 20.2 Å². The van der Waals surface area contributed by atoms with Crippen molar-refractivity contribution in [3.63, 3.8) is 0 Å². The Kier molecular flexibility index (Phi) is 4.84. The summed E-state index contributed by atoms with van der Waals surface area (Å²) in [5, 5.41) is 1.06. The molecule has 0 spiro atoms. The monoisotopic (exact) mass is 338 g/mol. The van der Waals surface area contributed by atoms with Crippen molar-refractivity contribution >= 4 is 23.4 Å². The van der Waals surface area contributed by atoms with Crippen LogP contribution < -0.4 is 0 Å². The molecule has 6 nitrogen and oxygen atoms in total. The normalized spacial score (nSPS) is 21.7. The van der Waals surface area contributed by atoms with Crippen LogP contribution in [0, 0.1) is 6.92 Å². The van der Waals surface area contributed by atoms with Crippen molar-refractivity contribution < 1.29 is 19.1 Å².